The summed E-state index contributed by atoms with van der Waals surface area (Å²) in [6, 6.07) is 10.2. The number of benzene rings is 2. The number of hydrogen-bond acceptors (Lipinski definition) is 9. The van der Waals surface area contributed by atoms with Gasteiger partial charge in [0.25, 0.3) is 0 Å². The Labute approximate surface area is 299 Å². The van der Waals surface area contributed by atoms with E-state index < -0.39 is 29.7 Å². The number of aliphatic hydroxyl groups excluding tert-OH is 2. The van der Waals surface area contributed by atoms with Crippen molar-refractivity contribution in [3.63, 3.8) is 0 Å². The van der Waals surface area contributed by atoms with Crippen LogP contribution in [0.15, 0.2) is 84.6 Å². The normalized spacial score (nSPS) is 25.5. The van der Waals surface area contributed by atoms with Crippen LogP contribution in [0.4, 0.5) is 9.18 Å². The van der Waals surface area contributed by atoms with Gasteiger partial charge >= 0.3 is 6.09 Å². The molecule has 276 valence electrons. The number of rotatable bonds is 18. The van der Waals surface area contributed by atoms with E-state index in [1.807, 2.05) is 0 Å². The van der Waals surface area contributed by atoms with Gasteiger partial charge in [-0.2, -0.15) is 0 Å². The van der Waals surface area contributed by atoms with E-state index >= 15 is 0 Å². The van der Waals surface area contributed by atoms with Gasteiger partial charge in [0, 0.05) is 37.7 Å². The van der Waals surface area contributed by atoms with Crippen LogP contribution in [0.25, 0.3) is 0 Å². The molecule has 3 aliphatic rings. The zero-order valence-electron chi connectivity index (χ0n) is 29.4. The topological polar surface area (TPSA) is 130 Å². The van der Waals surface area contributed by atoms with Gasteiger partial charge in [-0.1, -0.05) is 48.4 Å². The minimum atomic E-state index is -1.48. The summed E-state index contributed by atoms with van der Waals surface area (Å²) in [5.74, 6) is -1.96. The minimum absolute atomic E-state index is 0.0211. The fraction of sp³-hybridized carbons (Fsp3) is 0.500. The van der Waals surface area contributed by atoms with Crippen LogP contribution in [0.1, 0.15) is 68.4 Å². The molecule has 0 spiro atoms. The minimum Gasteiger partial charge on any atom is -0.508 e. The fourth-order valence-corrected chi connectivity index (χ4v) is 8.17. The van der Waals surface area contributed by atoms with Crippen molar-refractivity contribution in [2.24, 2.45) is 22.9 Å². The van der Waals surface area contributed by atoms with Gasteiger partial charge in [0.2, 0.25) is 5.79 Å². The SMILES string of the molecule is C=CCCOC(=O)N(Cc1ccc(F)cc1)[C@H]1CC(=NOC)C2=C[C@H](CCCCO)[C@@H](CCCCO)[C@@H]3c4cc(O)ccc4O[C@@]1(OCC=C)[C@H]23. The molecule has 1 saturated carbocycles. The highest BCUT2D eigenvalue weighted by Crippen LogP contribution is 2.62. The van der Waals surface area contributed by atoms with Gasteiger partial charge < -0.3 is 34.4 Å². The third kappa shape index (κ3) is 8.32. The Morgan fingerprint density at radius 3 is 2.51 bits per heavy atom. The zero-order valence-corrected chi connectivity index (χ0v) is 29.4. The van der Waals surface area contributed by atoms with Crippen molar-refractivity contribution in [3.05, 3.63) is 96.4 Å². The van der Waals surface area contributed by atoms with E-state index in [-0.39, 0.29) is 62.9 Å². The lowest BCUT2D eigenvalue weighted by molar-refractivity contribution is -0.256. The summed E-state index contributed by atoms with van der Waals surface area (Å²) in [6.45, 7) is 8.12. The Balaban J connectivity index is 1.75. The Bertz CT molecular complexity index is 1560. The molecule has 1 fully saturated rings. The van der Waals surface area contributed by atoms with Crippen molar-refractivity contribution < 1.29 is 43.6 Å². The van der Waals surface area contributed by atoms with Gasteiger partial charge in [0.1, 0.15) is 30.5 Å². The smallest absolute Gasteiger partial charge is 0.410 e. The molecule has 6 atom stereocenters. The van der Waals surface area contributed by atoms with Crippen molar-refractivity contribution in [1.82, 2.24) is 4.90 Å². The first-order valence-corrected chi connectivity index (χ1v) is 17.9. The first kappa shape index (κ1) is 38.1. The van der Waals surface area contributed by atoms with Gasteiger partial charge in [-0.05, 0) is 85.4 Å². The second-order valence-corrected chi connectivity index (χ2v) is 13.4. The van der Waals surface area contributed by atoms with Gasteiger partial charge in [-0.3, -0.25) is 4.90 Å². The van der Waals surface area contributed by atoms with Crippen LogP contribution >= 0.6 is 0 Å². The number of halogens is 1. The van der Waals surface area contributed by atoms with Crippen LogP contribution in [0.3, 0.4) is 0 Å². The van der Waals surface area contributed by atoms with Crippen molar-refractivity contribution in [3.8, 4) is 11.5 Å². The Morgan fingerprint density at radius 2 is 1.82 bits per heavy atom. The third-order valence-electron chi connectivity index (χ3n) is 10.3. The van der Waals surface area contributed by atoms with E-state index in [4.69, 9.17) is 19.0 Å². The number of allylic oxidation sites excluding steroid dienone is 1. The lowest BCUT2D eigenvalue weighted by Gasteiger charge is -2.59. The summed E-state index contributed by atoms with van der Waals surface area (Å²) >= 11 is 0. The molecule has 1 heterocycles. The highest BCUT2D eigenvalue weighted by molar-refractivity contribution is 6.02. The lowest BCUT2D eigenvalue weighted by atomic mass is 9.55. The summed E-state index contributed by atoms with van der Waals surface area (Å²) in [4.78, 5) is 21.3. The molecule has 11 heteroatoms. The molecule has 5 rings (SSSR count). The third-order valence-corrected chi connectivity index (χ3v) is 10.3. The lowest BCUT2D eigenvalue weighted by Crippen LogP contribution is -2.70. The van der Waals surface area contributed by atoms with Crippen LogP contribution in [0.5, 0.6) is 11.5 Å². The maximum absolute atomic E-state index is 14.2. The molecule has 10 nitrogen and oxygen atoms in total. The number of unbranched alkanes of at least 4 members (excludes halogenated alkanes) is 2. The average Bonchev–Trinajstić information content (AvgIpc) is 3.13. The number of nitrogens with zero attached hydrogens (tertiary/aromatic N) is 2. The number of phenols is 1. The van der Waals surface area contributed by atoms with Gasteiger partial charge in [0.05, 0.1) is 24.8 Å². The van der Waals surface area contributed by atoms with Crippen LogP contribution in [0, 0.1) is 23.6 Å². The van der Waals surface area contributed by atoms with Crippen LogP contribution in [-0.2, 0) is 20.9 Å². The van der Waals surface area contributed by atoms with Crippen molar-refractivity contribution in [2.45, 2.75) is 75.7 Å². The van der Waals surface area contributed by atoms with Crippen LogP contribution < -0.4 is 4.74 Å². The van der Waals surface area contributed by atoms with Crippen molar-refractivity contribution in [2.75, 3.05) is 33.5 Å². The molecule has 0 bridgehead atoms. The van der Waals surface area contributed by atoms with E-state index in [0.29, 0.717) is 36.3 Å². The molecule has 0 aromatic heterocycles. The van der Waals surface area contributed by atoms with Gasteiger partial charge in [-0.15, -0.1) is 13.2 Å². The van der Waals surface area contributed by atoms with E-state index in [2.05, 4.69) is 24.4 Å². The number of carbonyl (C=O) groups excluding carboxylic acids is 1. The largest absolute Gasteiger partial charge is 0.508 e. The summed E-state index contributed by atoms with van der Waals surface area (Å²) in [5, 5.41) is 34.8. The van der Waals surface area contributed by atoms with E-state index in [9.17, 15) is 24.5 Å². The molecule has 0 saturated heterocycles. The molecule has 3 N–H and O–H groups in total. The first-order valence-electron chi connectivity index (χ1n) is 17.9. The number of amides is 1. The number of oxime groups is 1. The van der Waals surface area contributed by atoms with Gasteiger partial charge in [-0.25, -0.2) is 9.18 Å². The van der Waals surface area contributed by atoms with Crippen LogP contribution in [-0.4, -0.2) is 77.4 Å². The molecule has 0 radical (unpaired) electrons. The van der Waals surface area contributed by atoms with Crippen LogP contribution in [0.2, 0.25) is 0 Å². The monoisotopic (exact) mass is 706 g/mol. The average molecular weight is 707 g/mol. The highest BCUT2D eigenvalue weighted by atomic mass is 19.1. The molecular formula is C40H51FN2O8. The molecule has 2 aliphatic carbocycles. The standard InChI is InChI=1S/C40H51FN2O8/c1-4-6-22-49-39(47)43(26-27-13-15-29(41)16-14-27)36-25-34(42-48-3)32-23-28(11-7-9-19-44)31(12-8-10-20-45)37-33-24-30(46)17-18-35(33)51-40(36,38(32)37)50-21-5-2/h4-5,13-18,23-24,28,31,36-38,44-46H,1-2,6-12,19-22,25-26H2,3H3/t28-,31+,36-,37+,38+,40+/m0/s1. The predicted molar refractivity (Wildman–Crippen MR) is 192 cm³/mol. The zero-order chi connectivity index (χ0) is 36.4. The molecular weight excluding hydrogens is 655 g/mol. The number of carbonyl (C=O) groups is 1. The summed E-state index contributed by atoms with van der Waals surface area (Å²) < 4.78 is 33.8. The predicted octanol–water partition coefficient (Wildman–Crippen LogP) is 7.01. The van der Waals surface area contributed by atoms with Gasteiger partial charge in [0.15, 0.2) is 0 Å². The number of aromatic hydroxyl groups is 1. The Morgan fingerprint density at radius 1 is 1.08 bits per heavy atom. The number of ether oxygens (including phenoxy) is 3. The number of phenolic OH excluding ortho intramolecular Hbond substituents is 1. The second kappa shape index (κ2) is 17.8. The number of aliphatic hydroxyl groups is 2. The fourth-order valence-electron chi connectivity index (χ4n) is 8.17. The number of fused-ring (bicyclic) bond motifs is 2. The summed E-state index contributed by atoms with van der Waals surface area (Å²) in [5.41, 5.74) is 3.01. The maximum atomic E-state index is 14.2. The summed E-state index contributed by atoms with van der Waals surface area (Å²) in [7, 11) is 1.49. The number of hydrogen-bond donors (Lipinski definition) is 3. The molecule has 1 aliphatic heterocycles. The maximum Gasteiger partial charge on any atom is 0.410 e. The first-order chi connectivity index (χ1) is 24.8. The quantitative estimate of drug-likeness (QED) is 0.0858. The van der Waals surface area contributed by atoms with Crippen molar-refractivity contribution in [1.29, 1.82) is 0 Å². The summed E-state index contributed by atoms with van der Waals surface area (Å²) in [6.07, 6.45) is 10.0. The molecule has 0 unspecified atom stereocenters. The second-order valence-electron chi connectivity index (χ2n) is 13.4. The highest BCUT2D eigenvalue weighted by Gasteiger charge is 2.65. The molecule has 1 amide bonds. The van der Waals surface area contributed by atoms with E-state index in [1.165, 1.54) is 19.2 Å². The Kier molecular flexibility index (Phi) is 13.3. The molecule has 2 aromatic carbocycles. The van der Waals surface area contributed by atoms with E-state index in [0.717, 1.165) is 36.8 Å². The molecule has 51 heavy (non-hydrogen) atoms. The van der Waals surface area contributed by atoms with Crippen molar-refractivity contribution >= 4 is 11.8 Å². The van der Waals surface area contributed by atoms with E-state index in [1.54, 1.807) is 47.4 Å². The molecule has 2 aromatic rings. The Hall–Kier alpha value is -4.19.